The van der Waals surface area contributed by atoms with E-state index in [1.54, 1.807) is 0 Å². The second-order valence-electron chi connectivity index (χ2n) is 6.62. The van der Waals surface area contributed by atoms with Crippen LogP contribution < -0.4 is 14.4 Å². The topological polar surface area (TPSA) is 94.8 Å². The normalized spacial score (nSPS) is 15.7. The zero-order chi connectivity index (χ0) is 20.1. The first kappa shape index (κ1) is 19.6. The Labute approximate surface area is 163 Å². The maximum absolute atomic E-state index is 12.7. The molecule has 28 heavy (non-hydrogen) atoms. The number of unbranched alkanes of at least 4 members (excludes halogenated alkanes) is 1. The van der Waals surface area contributed by atoms with Crippen LogP contribution >= 0.6 is 0 Å². The first-order valence-corrected chi connectivity index (χ1v) is 9.32. The summed E-state index contributed by atoms with van der Waals surface area (Å²) in [5.74, 6) is 0.896. The van der Waals surface area contributed by atoms with Gasteiger partial charge in [0.1, 0.15) is 5.75 Å². The minimum atomic E-state index is -0.598. The summed E-state index contributed by atoms with van der Waals surface area (Å²) in [4.78, 5) is 28.7. The molecule has 1 aromatic heterocycles. The van der Waals surface area contributed by atoms with Gasteiger partial charge in [-0.2, -0.15) is 0 Å². The second kappa shape index (κ2) is 8.69. The number of ether oxygens (including phenoxy) is 2. The third kappa shape index (κ3) is 4.39. The monoisotopic (exact) mass is 385 g/mol. The molecule has 0 N–H and O–H groups in total. The van der Waals surface area contributed by atoms with Crippen LogP contribution in [0.4, 0.5) is 11.6 Å². The molecule has 3 rings (SSSR count). The number of hydrogen-bond acceptors (Lipinski definition) is 6. The van der Waals surface area contributed by atoms with Gasteiger partial charge in [0.25, 0.3) is 11.7 Å². The zero-order valence-corrected chi connectivity index (χ0v) is 16.0. The molecule has 1 aliphatic heterocycles. The Morgan fingerprint density at radius 2 is 2.11 bits per heavy atom. The van der Waals surface area contributed by atoms with Crippen LogP contribution in [0.25, 0.3) is 0 Å². The predicted octanol–water partition coefficient (Wildman–Crippen LogP) is 3.66. The number of nitrogens with zero attached hydrogens (tertiary/aromatic N) is 3. The van der Waals surface area contributed by atoms with Crippen LogP contribution in [0.5, 0.6) is 11.5 Å². The number of aryl methyl sites for hydroxylation is 1. The quantitative estimate of drug-likeness (QED) is 0.391. The van der Waals surface area contributed by atoms with Gasteiger partial charge in [0.05, 0.1) is 6.61 Å². The van der Waals surface area contributed by atoms with Gasteiger partial charge >= 0.3 is 5.82 Å². The van der Waals surface area contributed by atoms with E-state index in [0.29, 0.717) is 31.7 Å². The lowest BCUT2D eigenvalue weighted by molar-refractivity contribution is -0.389. The highest BCUT2D eigenvalue weighted by molar-refractivity contribution is 5.99. The first-order chi connectivity index (χ1) is 13.5. The standard InChI is InChI=1S/C20H23N3O5/c1-3-16-20(24)22(19-17(28-16)9-10-18(21-19)23(25)26)11-4-5-12-27-15-8-6-7-14(2)13-15/h6-10,13,16H,3-5,11-12H2,1-2H3. The number of hydrogen-bond donors (Lipinski definition) is 0. The molecule has 0 radical (unpaired) electrons. The average Bonchev–Trinajstić information content (AvgIpc) is 2.68. The number of aromatic nitrogens is 1. The van der Waals surface area contributed by atoms with Crippen molar-refractivity contribution >= 4 is 17.5 Å². The predicted molar refractivity (Wildman–Crippen MR) is 104 cm³/mol. The highest BCUT2D eigenvalue weighted by Crippen LogP contribution is 2.34. The van der Waals surface area contributed by atoms with Crippen molar-refractivity contribution in [3.8, 4) is 11.5 Å². The van der Waals surface area contributed by atoms with E-state index in [1.807, 2.05) is 38.1 Å². The van der Waals surface area contributed by atoms with Crippen LogP contribution in [0.1, 0.15) is 31.7 Å². The number of anilines is 1. The fourth-order valence-electron chi connectivity index (χ4n) is 3.04. The summed E-state index contributed by atoms with van der Waals surface area (Å²) < 4.78 is 11.4. The van der Waals surface area contributed by atoms with E-state index < -0.39 is 11.0 Å². The lowest BCUT2D eigenvalue weighted by Crippen LogP contribution is -2.46. The maximum atomic E-state index is 12.7. The van der Waals surface area contributed by atoms with E-state index in [1.165, 1.54) is 17.0 Å². The lowest BCUT2D eigenvalue weighted by Gasteiger charge is -2.30. The lowest BCUT2D eigenvalue weighted by atomic mass is 10.1. The highest BCUT2D eigenvalue weighted by atomic mass is 16.6. The second-order valence-corrected chi connectivity index (χ2v) is 6.62. The number of amides is 1. The summed E-state index contributed by atoms with van der Waals surface area (Å²) >= 11 is 0. The van der Waals surface area contributed by atoms with E-state index in [0.717, 1.165) is 17.7 Å². The minimum Gasteiger partial charge on any atom is -0.494 e. The van der Waals surface area contributed by atoms with Gasteiger partial charge in [-0.15, -0.1) is 0 Å². The van der Waals surface area contributed by atoms with Gasteiger partial charge in [-0.3, -0.25) is 9.69 Å². The Morgan fingerprint density at radius 1 is 1.29 bits per heavy atom. The molecule has 0 fully saturated rings. The number of rotatable bonds is 8. The number of pyridine rings is 1. The van der Waals surface area contributed by atoms with Crippen LogP contribution in [0.15, 0.2) is 36.4 Å². The summed E-state index contributed by atoms with van der Waals surface area (Å²) in [5, 5.41) is 11.0. The van der Waals surface area contributed by atoms with E-state index in [-0.39, 0.29) is 17.5 Å². The molecule has 2 aromatic rings. The van der Waals surface area contributed by atoms with Crippen molar-refractivity contribution in [2.45, 2.75) is 39.2 Å². The van der Waals surface area contributed by atoms with E-state index in [2.05, 4.69) is 4.98 Å². The largest absolute Gasteiger partial charge is 0.494 e. The molecule has 8 heteroatoms. The van der Waals surface area contributed by atoms with E-state index in [4.69, 9.17) is 9.47 Å². The molecule has 0 aliphatic carbocycles. The van der Waals surface area contributed by atoms with Crippen molar-refractivity contribution in [2.75, 3.05) is 18.1 Å². The van der Waals surface area contributed by atoms with Crippen LogP contribution in [-0.4, -0.2) is 35.1 Å². The Balaban J connectivity index is 1.64. The average molecular weight is 385 g/mol. The molecule has 0 bridgehead atoms. The molecule has 1 aromatic carbocycles. The zero-order valence-electron chi connectivity index (χ0n) is 16.0. The van der Waals surface area contributed by atoms with Gasteiger partial charge in [0, 0.05) is 12.6 Å². The Hall–Kier alpha value is -3.16. The molecule has 148 valence electrons. The fraction of sp³-hybridized carbons (Fsp3) is 0.400. The molecule has 0 saturated heterocycles. The van der Waals surface area contributed by atoms with Crippen LogP contribution in [-0.2, 0) is 4.79 Å². The van der Waals surface area contributed by atoms with Crippen LogP contribution in [0, 0.1) is 17.0 Å². The van der Waals surface area contributed by atoms with Crippen molar-refractivity contribution in [3.05, 3.63) is 52.1 Å². The smallest absolute Gasteiger partial charge is 0.366 e. The molecule has 1 atom stereocenters. The summed E-state index contributed by atoms with van der Waals surface area (Å²) in [6.07, 6.45) is 1.33. The minimum absolute atomic E-state index is 0.212. The number of benzene rings is 1. The van der Waals surface area contributed by atoms with Crippen molar-refractivity contribution in [2.24, 2.45) is 0 Å². The number of carbonyl (C=O) groups is 1. The van der Waals surface area contributed by atoms with Crippen LogP contribution in [0.3, 0.4) is 0 Å². The highest BCUT2D eigenvalue weighted by Gasteiger charge is 2.37. The summed E-state index contributed by atoms with van der Waals surface area (Å²) in [6.45, 7) is 4.79. The molecule has 1 amide bonds. The fourth-order valence-corrected chi connectivity index (χ4v) is 3.04. The van der Waals surface area contributed by atoms with Crippen molar-refractivity contribution in [1.82, 2.24) is 4.98 Å². The van der Waals surface area contributed by atoms with Gasteiger partial charge in [-0.25, -0.2) is 0 Å². The molecule has 1 aliphatic rings. The number of carbonyl (C=O) groups excluding carboxylic acids is 1. The van der Waals surface area contributed by atoms with E-state index >= 15 is 0 Å². The SMILES string of the molecule is CCC1Oc2ccc([N+](=O)[O-])nc2N(CCCCOc2cccc(C)c2)C1=O. The third-order valence-corrected chi connectivity index (χ3v) is 4.48. The van der Waals surface area contributed by atoms with Gasteiger partial charge in [0.15, 0.2) is 11.9 Å². The van der Waals surface area contributed by atoms with Gasteiger partial charge in [-0.1, -0.05) is 19.1 Å². The van der Waals surface area contributed by atoms with Crippen molar-refractivity contribution in [1.29, 1.82) is 0 Å². The summed E-state index contributed by atoms with van der Waals surface area (Å²) in [6, 6.07) is 10.6. The molecule has 0 spiro atoms. The van der Waals surface area contributed by atoms with Crippen molar-refractivity contribution < 1.29 is 19.2 Å². The molecule has 8 nitrogen and oxygen atoms in total. The van der Waals surface area contributed by atoms with Gasteiger partial charge < -0.3 is 19.6 Å². The van der Waals surface area contributed by atoms with E-state index in [9.17, 15) is 14.9 Å². The molecular weight excluding hydrogens is 362 g/mol. The van der Waals surface area contributed by atoms with Gasteiger partial charge in [-0.05, 0) is 59.9 Å². The Morgan fingerprint density at radius 3 is 2.82 bits per heavy atom. The maximum Gasteiger partial charge on any atom is 0.366 e. The number of nitro groups is 1. The summed E-state index contributed by atoms with van der Waals surface area (Å²) in [7, 11) is 0. The molecular formula is C20H23N3O5. The Bertz CT molecular complexity index is 871. The first-order valence-electron chi connectivity index (χ1n) is 9.32. The molecule has 2 heterocycles. The van der Waals surface area contributed by atoms with Crippen molar-refractivity contribution in [3.63, 3.8) is 0 Å². The van der Waals surface area contributed by atoms with Gasteiger partial charge in [0.2, 0.25) is 0 Å². The van der Waals surface area contributed by atoms with Crippen LogP contribution in [0.2, 0.25) is 0 Å². The molecule has 0 saturated carbocycles. The third-order valence-electron chi connectivity index (χ3n) is 4.48. The number of fused-ring (bicyclic) bond motifs is 1. The molecule has 1 unspecified atom stereocenters. The Kier molecular flexibility index (Phi) is 6.08. The summed E-state index contributed by atoms with van der Waals surface area (Å²) in [5.41, 5.74) is 1.13.